The second-order valence-electron chi connectivity index (χ2n) is 2.33. The van der Waals surface area contributed by atoms with Gasteiger partial charge in [-0.15, -0.1) is 6.42 Å². The first kappa shape index (κ1) is 10.4. The molecule has 0 N–H and O–H groups in total. The molecule has 0 aliphatic carbocycles. The molecule has 0 fully saturated rings. The zero-order valence-corrected chi connectivity index (χ0v) is 8.48. The molecule has 1 aromatic rings. The van der Waals surface area contributed by atoms with Crippen LogP contribution in [-0.2, 0) is 6.18 Å². The molecular weight excluding hydrogens is 292 g/mol. The Balaban J connectivity index is 3.35. The summed E-state index contributed by atoms with van der Waals surface area (Å²) in [6.45, 7) is 0. The SMILES string of the molecule is C#Cc1ccc(I)cc1C(F)(F)F. The van der Waals surface area contributed by atoms with Crippen LogP contribution in [0.15, 0.2) is 18.2 Å². The van der Waals surface area contributed by atoms with Crippen LogP contribution in [0.5, 0.6) is 0 Å². The molecule has 0 aromatic heterocycles. The predicted octanol–water partition coefficient (Wildman–Crippen LogP) is 3.29. The monoisotopic (exact) mass is 296 g/mol. The molecule has 68 valence electrons. The van der Waals surface area contributed by atoms with Gasteiger partial charge in [-0.25, -0.2) is 0 Å². The summed E-state index contributed by atoms with van der Waals surface area (Å²) in [7, 11) is 0. The summed E-state index contributed by atoms with van der Waals surface area (Å²) in [5.74, 6) is 2.01. The van der Waals surface area contributed by atoms with Crippen LogP contribution >= 0.6 is 22.6 Å². The third kappa shape index (κ3) is 2.37. The molecule has 0 aliphatic rings. The van der Waals surface area contributed by atoms with E-state index in [1.807, 2.05) is 28.5 Å². The Morgan fingerprint density at radius 1 is 1.31 bits per heavy atom. The normalized spacial score (nSPS) is 11.0. The molecule has 0 heterocycles. The average molecular weight is 296 g/mol. The zero-order chi connectivity index (χ0) is 10.1. The van der Waals surface area contributed by atoms with Gasteiger partial charge in [0, 0.05) is 9.13 Å². The number of hydrogen-bond acceptors (Lipinski definition) is 0. The van der Waals surface area contributed by atoms with Gasteiger partial charge in [-0.2, -0.15) is 13.2 Å². The van der Waals surface area contributed by atoms with Gasteiger partial charge in [0.25, 0.3) is 0 Å². The quantitative estimate of drug-likeness (QED) is 0.509. The van der Waals surface area contributed by atoms with Crippen LogP contribution in [0.1, 0.15) is 11.1 Å². The lowest BCUT2D eigenvalue weighted by atomic mass is 10.1. The highest BCUT2D eigenvalue weighted by Gasteiger charge is 2.33. The van der Waals surface area contributed by atoms with E-state index in [0.29, 0.717) is 3.57 Å². The second kappa shape index (κ2) is 3.58. The first-order chi connectivity index (χ1) is 5.95. The summed E-state index contributed by atoms with van der Waals surface area (Å²) in [5, 5.41) is 0. The lowest BCUT2D eigenvalue weighted by Crippen LogP contribution is -2.07. The van der Waals surface area contributed by atoms with E-state index < -0.39 is 11.7 Å². The van der Waals surface area contributed by atoms with Crippen LogP contribution < -0.4 is 0 Å². The molecule has 13 heavy (non-hydrogen) atoms. The van der Waals surface area contributed by atoms with E-state index in [4.69, 9.17) is 6.42 Å². The Bertz CT molecular complexity index is 360. The topological polar surface area (TPSA) is 0 Å². The fraction of sp³-hybridized carbons (Fsp3) is 0.111. The molecule has 0 saturated heterocycles. The summed E-state index contributed by atoms with van der Waals surface area (Å²) >= 11 is 1.81. The molecule has 0 radical (unpaired) electrons. The van der Waals surface area contributed by atoms with Crippen LogP contribution in [0.4, 0.5) is 13.2 Å². The van der Waals surface area contributed by atoms with Crippen molar-refractivity contribution in [3.05, 3.63) is 32.9 Å². The number of alkyl halides is 3. The van der Waals surface area contributed by atoms with Crippen LogP contribution in [0.25, 0.3) is 0 Å². The Kier molecular flexibility index (Phi) is 2.86. The van der Waals surface area contributed by atoms with Gasteiger partial charge < -0.3 is 0 Å². The fourth-order valence-electron chi connectivity index (χ4n) is 0.877. The van der Waals surface area contributed by atoms with E-state index in [-0.39, 0.29) is 5.56 Å². The Hall–Kier alpha value is -0.700. The molecular formula is C9H4F3I. The van der Waals surface area contributed by atoms with E-state index in [9.17, 15) is 13.2 Å². The molecule has 0 aliphatic heterocycles. The molecule has 0 atom stereocenters. The van der Waals surface area contributed by atoms with E-state index in [1.165, 1.54) is 6.07 Å². The molecule has 0 bridgehead atoms. The average Bonchev–Trinajstić information content (AvgIpc) is 2.03. The summed E-state index contributed by atoms with van der Waals surface area (Å²) in [6, 6.07) is 3.88. The second-order valence-corrected chi connectivity index (χ2v) is 3.58. The Morgan fingerprint density at radius 3 is 2.38 bits per heavy atom. The minimum atomic E-state index is -4.37. The molecule has 0 amide bonds. The number of halogens is 4. The maximum atomic E-state index is 12.3. The number of hydrogen-bond donors (Lipinski definition) is 0. The van der Waals surface area contributed by atoms with Crippen molar-refractivity contribution in [3.63, 3.8) is 0 Å². The van der Waals surface area contributed by atoms with Crippen molar-refractivity contribution in [1.29, 1.82) is 0 Å². The van der Waals surface area contributed by atoms with Crippen LogP contribution in [-0.4, -0.2) is 0 Å². The smallest absolute Gasteiger partial charge is 0.166 e. The standard InChI is InChI=1S/C9H4F3I/c1-2-6-3-4-7(13)5-8(6)9(10,11)12/h1,3-5H. The van der Waals surface area contributed by atoms with E-state index in [0.717, 1.165) is 6.07 Å². The molecule has 0 saturated carbocycles. The van der Waals surface area contributed by atoms with Gasteiger partial charge >= 0.3 is 6.18 Å². The van der Waals surface area contributed by atoms with Gasteiger partial charge in [0.05, 0.1) is 5.56 Å². The molecule has 0 unspecified atom stereocenters. The lowest BCUT2D eigenvalue weighted by molar-refractivity contribution is -0.137. The van der Waals surface area contributed by atoms with Crippen molar-refractivity contribution in [3.8, 4) is 12.3 Å². The van der Waals surface area contributed by atoms with Gasteiger partial charge in [-0.05, 0) is 40.8 Å². The summed E-state index contributed by atoms with van der Waals surface area (Å²) in [5.41, 5.74) is -0.866. The first-order valence-electron chi connectivity index (χ1n) is 3.28. The highest BCUT2D eigenvalue weighted by Crippen LogP contribution is 2.32. The summed E-state index contributed by atoms with van der Waals surface area (Å²) < 4.78 is 37.5. The Labute approximate surface area is 87.3 Å². The van der Waals surface area contributed by atoms with Crippen LogP contribution in [0, 0.1) is 15.9 Å². The Morgan fingerprint density at radius 2 is 1.92 bits per heavy atom. The van der Waals surface area contributed by atoms with Crippen molar-refractivity contribution < 1.29 is 13.2 Å². The van der Waals surface area contributed by atoms with E-state index in [2.05, 4.69) is 0 Å². The minimum absolute atomic E-state index is 0.118. The lowest BCUT2D eigenvalue weighted by Gasteiger charge is -2.08. The van der Waals surface area contributed by atoms with Gasteiger partial charge in [0.2, 0.25) is 0 Å². The highest BCUT2D eigenvalue weighted by atomic mass is 127. The first-order valence-corrected chi connectivity index (χ1v) is 4.36. The third-order valence-corrected chi connectivity index (χ3v) is 2.11. The highest BCUT2D eigenvalue weighted by molar-refractivity contribution is 14.1. The van der Waals surface area contributed by atoms with Crippen LogP contribution in [0.3, 0.4) is 0 Å². The number of terminal acetylenes is 1. The number of rotatable bonds is 0. The molecule has 0 nitrogen and oxygen atoms in total. The van der Waals surface area contributed by atoms with E-state index >= 15 is 0 Å². The van der Waals surface area contributed by atoms with Crippen molar-refractivity contribution in [1.82, 2.24) is 0 Å². The van der Waals surface area contributed by atoms with Crippen molar-refractivity contribution in [2.45, 2.75) is 6.18 Å². The molecule has 1 aromatic carbocycles. The maximum absolute atomic E-state index is 12.3. The maximum Gasteiger partial charge on any atom is 0.417 e. The molecule has 4 heteroatoms. The van der Waals surface area contributed by atoms with Gasteiger partial charge in [0.1, 0.15) is 0 Å². The van der Waals surface area contributed by atoms with Gasteiger partial charge in [0.15, 0.2) is 0 Å². The van der Waals surface area contributed by atoms with Crippen LogP contribution in [0.2, 0.25) is 0 Å². The predicted molar refractivity (Wildman–Crippen MR) is 52.1 cm³/mol. The van der Waals surface area contributed by atoms with Gasteiger partial charge in [-0.1, -0.05) is 5.92 Å². The zero-order valence-electron chi connectivity index (χ0n) is 6.32. The summed E-state index contributed by atoms with van der Waals surface area (Å²) in [4.78, 5) is 0. The minimum Gasteiger partial charge on any atom is -0.166 e. The molecule has 0 spiro atoms. The van der Waals surface area contributed by atoms with Gasteiger partial charge in [-0.3, -0.25) is 0 Å². The fourth-order valence-corrected chi connectivity index (χ4v) is 1.37. The van der Waals surface area contributed by atoms with Crippen molar-refractivity contribution in [2.24, 2.45) is 0 Å². The molecule has 1 rings (SSSR count). The van der Waals surface area contributed by atoms with E-state index in [1.54, 1.807) is 6.07 Å². The summed E-state index contributed by atoms with van der Waals surface area (Å²) in [6.07, 6.45) is 0.573. The van der Waals surface area contributed by atoms with Crippen molar-refractivity contribution >= 4 is 22.6 Å². The third-order valence-electron chi connectivity index (χ3n) is 1.44. The largest absolute Gasteiger partial charge is 0.417 e. The number of benzene rings is 1. The van der Waals surface area contributed by atoms with Crippen molar-refractivity contribution in [2.75, 3.05) is 0 Å².